The molecule has 5 aromatic rings. The highest BCUT2D eigenvalue weighted by Crippen LogP contribution is 2.22. The molecule has 6 nitrogen and oxygen atoms in total. The number of hydrogen-bond donors (Lipinski definition) is 0. The molecule has 3 aromatic carbocycles. The predicted molar refractivity (Wildman–Crippen MR) is 116 cm³/mol. The number of para-hydroxylation sites is 1. The van der Waals surface area contributed by atoms with Gasteiger partial charge in [-0.15, -0.1) is 5.10 Å². The molecule has 152 valence electrons. The van der Waals surface area contributed by atoms with Crippen molar-refractivity contribution in [3.63, 3.8) is 0 Å². The molecule has 0 amide bonds. The van der Waals surface area contributed by atoms with Crippen molar-refractivity contribution in [2.45, 2.75) is 6.54 Å². The van der Waals surface area contributed by atoms with Crippen molar-refractivity contribution in [1.29, 1.82) is 0 Å². The highest BCUT2D eigenvalue weighted by atomic mass is 35.5. The van der Waals surface area contributed by atoms with E-state index in [1.54, 1.807) is 54.6 Å². The molecule has 0 atom stereocenters. The van der Waals surface area contributed by atoms with Gasteiger partial charge in [0.15, 0.2) is 17.3 Å². The van der Waals surface area contributed by atoms with Crippen LogP contribution in [0.15, 0.2) is 77.6 Å². The van der Waals surface area contributed by atoms with Gasteiger partial charge in [0.1, 0.15) is 5.82 Å². The highest BCUT2D eigenvalue weighted by Gasteiger charge is 2.18. The first kappa shape index (κ1) is 19.1. The lowest BCUT2D eigenvalue weighted by Crippen LogP contribution is -2.30. The lowest BCUT2D eigenvalue weighted by Gasteiger charge is -2.10. The number of hydrogen-bond acceptors (Lipinski definition) is 4. The Morgan fingerprint density at radius 1 is 1.00 bits per heavy atom. The predicted octanol–water partition coefficient (Wildman–Crippen LogP) is 4.39. The molecule has 0 aliphatic carbocycles. The number of ketones is 1. The molecule has 5 rings (SSSR count). The van der Waals surface area contributed by atoms with Crippen molar-refractivity contribution < 1.29 is 9.18 Å². The van der Waals surface area contributed by atoms with E-state index in [4.69, 9.17) is 11.6 Å². The van der Waals surface area contributed by atoms with E-state index in [0.717, 1.165) is 4.52 Å². The number of rotatable bonds is 4. The van der Waals surface area contributed by atoms with Crippen LogP contribution in [0.4, 0.5) is 4.39 Å². The van der Waals surface area contributed by atoms with Crippen LogP contribution in [0.5, 0.6) is 0 Å². The number of aromatic nitrogens is 4. The fourth-order valence-corrected chi connectivity index (χ4v) is 3.63. The first-order chi connectivity index (χ1) is 15.0. The summed E-state index contributed by atoms with van der Waals surface area (Å²) in [5.41, 5.74) is 1.29. The number of carbonyl (C=O) groups excluding carboxylic acids is 1. The summed E-state index contributed by atoms with van der Waals surface area (Å²) in [6.45, 7) is -0.175. The Kier molecular flexibility index (Phi) is 4.60. The largest absolute Gasteiger partial charge is 0.351 e. The second kappa shape index (κ2) is 7.45. The minimum absolute atomic E-state index is 0.175. The van der Waals surface area contributed by atoms with E-state index in [9.17, 15) is 14.0 Å². The van der Waals surface area contributed by atoms with Gasteiger partial charge < -0.3 is 0 Å². The molecule has 0 unspecified atom stereocenters. The maximum Gasteiger partial charge on any atom is 0.351 e. The first-order valence-electron chi connectivity index (χ1n) is 9.44. The van der Waals surface area contributed by atoms with Crippen LogP contribution < -0.4 is 5.69 Å². The molecule has 0 aliphatic rings. The molecule has 0 spiro atoms. The molecular weight excluding hydrogens is 419 g/mol. The van der Waals surface area contributed by atoms with Crippen molar-refractivity contribution in [3.8, 4) is 11.4 Å². The van der Waals surface area contributed by atoms with E-state index < -0.39 is 11.5 Å². The molecule has 2 heterocycles. The summed E-state index contributed by atoms with van der Waals surface area (Å²) in [6, 6.07) is 19.5. The lowest BCUT2D eigenvalue weighted by atomic mass is 10.1. The van der Waals surface area contributed by atoms with E-state index in [1.165, 1.54) is 16.7 Å². The summed E-state index contributed by atoms with van der Waals surface area (Å²) >= 11 is 5.90. The van der Waals surface area contributed by atoms with Crippen molar-refractivity contribution in [2.75, 3.05) is 0 Å². The van der Waals surface area contributed by atoms with E-state index in [-0.39, 0.29) is 18.2 Å². The molecule has 0 saturated heterocycles. The normalized spacial score (nSPS) is 11.3. The monoisotopic (exact) mass is 432 g/mol. The quantitative estimate of drug-likeness (QED) is 0.395. The Bertz CT molecular complexity index is 1520. The van der Waals surface area contributed by atoms with Gasteiger partial charge in [-0.2, -0.15) is 4.52 Å². The van der Waals surface area contributed by atoms with E-state index >= 15 is 0 Å². The van der Waals surface area contributed by atoms with Crippen molar-refractivity contribution in [1.82, 2.24) is 19.2 Å². The second-order valence-corrected chi connectivity index (χ2v) is 7.43. The molecule has 0 fully saturated rings. The average Bonchev–Trinajstić information content (AvgIpc) is 3.23. The van der Waals surface area contributed by atoms with E-state index in [0.29, 0.717) is 32.7 Å². The smallest absolute Gasteiger partial charge is 0.292 e. The lowest BCUT2D eigenvalue weighted by molar-refractivity contribution is 0.0971. The fourth-order valence-electron chi connectivity index (χ4n) is 3.51. The topological polar surface area (TPSA) is 69.3 Å². The second-order valence-electron chi connectivity index (χ2n) is 7.00. The van der Waals surface area contributed by atoms with E-state index in [1.807, 2.05) is 6.07 Å². The minimum Gasteiger partial charge on any atom is -0.292 e. The number of nitrogens with zero attached hydrogens (tertiary/aromatic N) is 4. The summed E-state index contributed by atoms with van der Waals surface area (Å²) in [4.78, 5) is 30.6. The maximum atomic E-state index is 13.7. The zero-order valence-electron chi connectivity index (χ0n) is 16.0. The number of benzene rings is 3. The number of Topliss-reactive ketones (excluding diaryl/α,β-unsaturated/α-hetero) is 1. The van der Waals surface area contributed by atoms with Crippen LogP contribution in [0.1, 0.15) is 10.4 Å². The van der Waals surface area contributed by atoms with Crippen LogP contribution in [0.2, 0.25) is 5.02 Å². The third-order valence-electron chi connectivity index (χ3n) is 5.01. The van der Waals surface area contributed by atoms with Gasteiger partial charge >= 0.3 is 5.69 Å². The molecule has 31 heavy (non-hydrogen) atoms. The van der Waals surface area contributed by atoms with Crippen LogP contribution >= 0.6 is 11.6 Å². The zero-order valence-corrected chi connectivity index (χ0v) is 16.8. The van der Waals surface area contributed by atoms with Gasteiger partial charge in [0.25, 0.3) is 0 Å². The minimum atomic E-state index is -0.508. The van der Waals surface area contributed by atoms with Crippen LogP contribution in [0, 0.1) is 5.82 Å². The summed E-state index contributed by atoms with van der Waals surface area (Å²) in [5.74, 6) is -0.440. The molecular formula is C23H14ClFN4O2. The molecule has 0 N–H and O–H groups in total. The summed E-state index contributed by atoms with van der Waals surface area (Å²) < 4.78 is 16.2. The molecule has 0 saturated carbocycles. The molecule has 8 heteroatoms. The molecule has 0 aliphatic heterocycles. The van der Waals surface area contributed by atoms with Gasteiger partial charge in [-0.1, -0.05) is 35.9 Å². The zero-order chi connectivity index (χ0) is 21.5. The third kappa shape index (κ3) is 3.39. The van der Waals surface area contributed by atoms with Gasteiger partial charge in [-0.25, -0.2) is 14.2 Å². The first-order valence-corrected chi connectivity index (χ1v) is 9.82. The summed E-state index contributed by atoms with van der Waals surface area (Å²) in [5, 5.41) is 5.48. The van der Waals surface area contributed by atoms with Crippen LogP contribution in [0.3, 0.4) is 0 Å². The van der Waals surface area contributed by atoms with Gasteiger partial charge in [0.2, 0.25) is 0 Å². The number of halogens is 2. The number of fused-ring (bicyclic) bond motifs is 3. The standard InChI is InChI=1S/C23H14ClFN4O2/c24-16-10-8-14(9-11-16)20(30)13-28-19-7-2-1-6-18(19)22-26-21(27-29(22)23(28)31)15-4-3-5-17(25)12-15/h1-12H,13H2. The summed E-state index contributed by atoms with van der Waals surface area (Å²) in [7, 11) is 0. The van der Waals surface area contributed by atoms with Crippen LogP contribution in [0.25, 0.3) is 27.9 Å². The Balaban J connectivity index is 1.69. The average molecular weight is 433 g/mol. The number of carbonyl (C=O) groups is 1. The van der Waals surface area contributed by atoms with E-state index in [2.05, 4.69) is 10.1 Å². The van der Waals surface area contributed by atoms with Gasteiger partial charge in [-0.05, 0) is 48.5 Å². The maximum absolute atomic E-state index is 13.7. The Hall–Kier alpha value is -3.84. The molecule has 0 radical (unpaired) electrons. The third-order valence-corrected chi connectivity index (χ3v) is 5.26. The van der Waals surface area contributed by atoms with Crippen molar-refractivity contribution >= 4 is 33.9 Å². The molecule has 0 bridgehead atoms. The van der Waals surface area contributed by atoms with Gasteiger partial charge in [0.05, 0.1) is 12.1 Å². The van der Waals surface area contributed by atoms with Crippen molar-refractivity contribution in [3.05, 3.63) is 99.7 Å². The van der Waals surface area contributed by atoms with Crippen molar-refractivity contribution in [2.24, 2.45) is 0 Å². The Morgan fingerprint density at radius 3 is 2.55 bits per heavy atom. The van der Waals surface area contributed by atoms with Gasteiger partial charge in [0, 0.05) is 21.5 Å². The van der Waals surface area contributed by atoms with Gasteiger partial charge in [-0.3, -0.25) is 9.36 Å². The summed E-state index contributed by atoms with van der Waals surface area (Å²) in [6.07, 6.45) is 0. The SMILES string of the molecule is O=C(Cn1c(=O)n2nc(-c3cccc(F)c3)nc2c2ccccc21)c1ccc(Cl)cc1. The van der Waals surface area contributed by atoms with Crippen LogP contribution in [-0.4, -0.2) is 24.9 Å². The molecule has 2 aromatic heterocycles. The fraction of sp³-hybridized carbons (Fsp3) is 0.0435. The Labute approximate surface area is 180 Å². The Morgan fingerprint density at radius 2 is 1.77 bits per heavy atom. The van der Waals surface area contributed by atoms with Crippen LogP contribution in [-0.2, 0) is 6.54 Å². The highest BCUT2D eigenvalue weighted by molar-refractivity contribution is 6.30.